The Kier molecular flexibility index (Phi) is 5.31. The Bertz CT molecular complexity index is 1100. The second kappa shape index (κ2) is 8.06. The number of amides is 2. The number of aromatic nitrogens is 1. The molecule has 0 bridgehead atoms. The van der Waals surface area contributed by atoms with Crippen molar-refractivity contribution in [1.82, 2.24) is 10.5 Å². The number of hydrogen-bond acceptors (Lipinski definition) is 4. The van der Waals surface area contributed by atoms with Crippen molar-refractivity contribution in [2.24, 2.45) is 5.92 Å². The van der Waals surface area contributed by atoms with Crippen molar-refractivity contribution >= 4 is 17.5 Å². The van der Waals surface area contributed by atoms with E-state index in [9.17, 15) is 18.4 Å². The van der Waals surface area contributed by atoms with E-state index < -0.39 is 17.6 Å². The van der Waals surface area contributed by atoms with Gasteiger partial charge in [0.1, 0.15) is 17.3 Å². The van der Waals surface area contributed by atoms with Gasteiger partial charge in [-0.05, 0) is 31.2 Å². The summed E-state index contributed by atoms with van der Waals surface area (Å²) in [4.78, 5) is 26.4. The third-order valence-electron chi connectivity index (χ3n) is 5.04. The summed E-state index contributed by atoms with van der Waals surface area (Å²) in [6.45, 7) is 2.34. The Balaban J connectivity index is 1.37. The van der Waals surface area contributed by atoms with Crippen molar-refractivity contribution in [2.75, 3.05) is 11.4 Å². The van der Waals surface area contributed by atoms with Crippen molar-refractivity contribution < 1.29 is 22.9 Å². The number of halogens is 2. The van der Waals surface area contributed by atoms with Gasteiger partial charge in [-0.2, -0.15) is 0 Å². The van der Waals surface area contributed by atoms with Crippen LogP contribution in [0.25, 0.3) is 11.3 Å². The number of benzene rings is 2. The molecule has 2 heterocycles. The molecular formula is C22H19F2N3O3. The number of rotatable bonds is 5. The van der Waals surface area contributed by atoms with Crippen LogP contribution in [0.3, 0.4) is 0 Å². The molecule has 0 saturated carbocycles. The monoisotopic (exact) mass is 411 g/mol. The predicted molar refractivity (Wildman–Crippen MR) is 105 cm³/mol. The van der Waals surface area contributed by atoms with E-state index in [-0.39, 0.29) is 36.1 Å². The molecule has 0 radical (unpaired) electrons. The van der Waals surface area contributed by atoms with Gasteiger partial charge >= 0.3 is 0 Å². The second-order valence-corrected chi connectivity index (χ2v) is 7.27. The summed E-state index contributed by atoms with van der Waals surface area (Å²) in [5, 5.41) is 6.55. The summed E-state index contributed by atoms with van der Waals surface area (Å²) in [6, 6.07) is 12.2. The summed E-state index contributed by atoms with van der Waals surface area (Å²) in [7, 11) is 0. The van der Waals surface area contributed by atoms with E-state index in [1.54, 1.807) is 4.90 Å². The average Bonchev–Trinajstić information content (AvgIpc) is 3.34. The Morgan fingerprint density at radius 3 is 2.70 bits per heavy atom. The van der Waals surface area contributed by atoms with Gasteiger partial charge in [-0.25, -0.2) is 8.78 Å². The molecule has 1 aliphatic heterocycles. The van der Waals surface area contributed by atoms with E-state index >= 15 is 0 Å². The number of carbonyl (C=O) groups excluding carboxylic acids is 2. The van der Waals surface area contributed by atoms with E-state index in [1.165, 1.54) is 12.1 Å². The van der Waals surface area contributed by atoms with Gasteiger partial charge in [0.25, 0.3) is 0 Å². The normalized spacial score (nSPS) is 16.2. The first kappa shape index (κ1) is 19.8. The lowest BCUT2D eigenvalue weighted by molar-refractivity contribution is -0.126. The van der Waals surface area contributed by atoms with Crippen LogP contribution in [0.2, 0.25) is 0 Å². The molecule has 8 heteroatoms. The largest absolute Gasteiger partial charge is 0.356 e. The summed E-state index contributed by atoms with van der Waals surface area (Å²) in [5.74, 6) is -2.15. The minimum absolute atomic E-state index is 0.0698. The Morgan fingerprint density at radius 2 is 1.97 bits per heavy atom. The molecule has 0 aliphatic carbocycles. The molecule has 3 aromatic rings. The van der Waals surface area contributed by atoms with Gasteiger partial charge < -0.3 is 14.7 Å². The van der Waals surface area contributed by atoms with Crippen LogP contribution in [0.1, 0.15) is 17.7 Å². The highest BCUT2D eigenvalue weighted by molar-refractivity contribution is 6.00. The van der Waals surface area contributed by atoms with E-state index in [0.29, 0.717) is 12.2 Å². The number of aryl methyl sites for hydroxylation is 1. The van der Waals surface area contributed by atoms with Crippen LogP contribution in [-0.4, -0.2) is 23.5 Å². The van der Waals surface area contributed by atoms with Crippen molar-refractivity contribution in [3.05, 3.63) is 71.4 Å². The van der Waals surface area contributed by atoms with Crippen LogP contribution in [-0.2, 0) is 16.1 Å². The molecule has 4 rings (SSSR count). The van der Waals surface area contributed by atoms with Crippen LogP contribution in [0.15, 0.2) is 53.1 Å². The Hall–Kier alpha value is -3.55. The standard InChI is InChI=1S/C22H19F2N3O3/c1-13-2-5-17(6-3-13)27-12-14(8-21(27)28)22(29)25-11-16-10-20(30-26-16)18-7-4-15(23)9-19(18)24/h2-7,9-10,14H,8,11-12H2,1H3,(H,25,29)/t14-/m1/s1. The van der Waals surface area contributed by atoms with E-state index in [1.807, 2.05) is 31.2 Å². The Labute approximate surface area is 171 Å². The number of nitrogens with zero attached hydrogens (tertiary/aromatic N) is 2. The molecule has 0 unspecified atom stereocenters. The molecular weight excluding hydrogens is 392 g/mol. The third kappa shape index (κ3) is 4.07. The van der Waals surface area contributed by atoms with Gasteiger partial charge in [-0.1, -0.05) is 22.9 Å². The molecule has 0 spiro atoms. The zero-order valence-electron chi connectivity index (χ0n) is 16.2. The van der Waals surface area contributed by atoms with Gasteiger partial charge in [0.2, 0.25) is 11.8 Å². The molecule has 1 aliphatic rings. The highest BCUT2D eigenvalue weighted by Gasteiger charge is 2.35. The van der Waals surface area contributed by atoms with Gasteiger partial charge in [-0.3, -0.25) is 9.59 Å². The number of hydrogen-bond donors (Lipinski definition) is 1. The van der Waals surface area contributed by atoms with Gasteiger partial charge in [0, 0.05) is 30.8 Å². The molecule has 2 aromatic carbocycles. The van der Waals surface area contributed by atoms with E-state index in [4.69, 9.17) is 4.52 Å². The van der Waals surface area contributed by atoms with E-state index in [2.05, 4.69) is 10.5 Å². The molecule has 1 saturated heterocycles. The highest BCUT2D eigenvalue weighted by Crippen LogP contribution is 2.26. The quantitative estimate of drug-likeness (QED) is 0.696. The Morgan fingerprint density at radius 1 is 1.20 bits per heavy atom. The molecule has 1 atom stereocenters. The summed E-state index contributed by atoms with van der Waals surface area (Å²) >= 11 is 0. The smallest absolute Gasteiger partial charge is 0.227 e. The van der Waals surface area contributed by atoms with Crippen LogP contribution >= 0.6 is 0 Å². The maximum Gasteiger partial charge on any atom is 0.227 e. The summed E-state index contributed by atoms with van der Waals surface area (Å²) in [6.07, 6.45) is 0.130. The maximum atomic E-state index is 13.9. The lowest BCUT2D eigenvalue weighted by Gasteiger charge is -2.16. The fourth-order valence-corrected chi connectivity index (χ4v) is 3.39. The van der Waals surface area contributed by atoms with Crippen LogP contribution in [0, 0.1) is 24.5 Å². The lowest BCUT2D eigenvalue weighted by Crippen LogP contribution is -2.32. The lowest BCUT2D eigenvalue weighted by atomic mass is 10.1. The molecule has 1 N–H and O–H groups in total. The van der Waals surface area contributed by atoms with E-state index in [0.717, 1.165) is 23.4 Å². The predicted octanol–water partition coefficient (Wildman–Crippen LogP) is 3.60. The zero-order chi connectivity index (χ0) is 21.3. The topological polar surface area (TPSA) is 75.4 Å². The average molecular weight is 411 g/mol. The van der Waals surface area contributed by atoms with Gasteiger partial charge in [0.15, 0.2) is 5.76 Å². The van der Waals surface area contributed by atoms with Crippen molar-refractivity contribution in [2.45, 2.75) is 19.9 Å². The second-order valence-electron chi connectivity index (χ2n) is 7.27. The first-order valence-corrected chi connectivity index (χ1v) is 9.46. The maximum absolute atomic E-state index is 13.9. The molecule has 6 nitrogen and oxygen atoms in total. The summed E-state index contributed by atoms with van der Waals surface area (Å²) in [5.41, 5.74) is 2.33. The zero-order valence-corrected chi connectivity index (χ0v) is 16.2. The first-order valence-electron chi connectivity index (χ1n) is 9.46. The first-order chi connectivity index (χ1) is 14.4. The highest BCUT2D eigenvalue weighted by atomic mass is 19.1. The number of carbonyl (C=O) groups is 2. The fourth-order valence-electron chi connectivity index (χ4n) is 3.39. The van der Waals surface area contributed by atoms with Crippen LogP contribution < -0.4 is 10.2 Å². The van der Waals surface area contributed by atoms with Gasteiger partial charge in [-0.15, -0.1) is 0 Å². The van der Waals surface area contributed by atoms with Crippen LogP contribution in [0.4, 0.5) is 14.5 Å². The third-order valence-corrected chi connectivity index (χ3v) is 5.04. The minimum Gasteiger partial charge on any atom is -0.356 e. The molecule has 1 fully saturated rings. The SMILES string of the molecule is Cc1ccc(N2C[C@H](C(=O)NCc3cc(-c4ccc(F)cc4F)on3)CC2=O)cc1. The molecule has 1 aromatic heterocycles. The van der Waals surface area contributed by atoms with Gasteiger partial charge in [0.05, 0.1) is 18.0 Å². The van der Waals surface area contributed by atoms with Crippen LogP contribution in [0.5, 0.6) is 0 Å². The van der Waals surface area contributed by atoms with Crippen molar-refractivity contribution in [1.29, 1.82) is 0 Å². The summed E-state index contributed by atoms with van der Waals surface area (Å²) < 4.78 is 32.0. The molecule has 30 heavy (non-hydrogen) atoms. The molecule has 2 amide bonds. The van der Waals surface area contributed by atoms with Crippen molar-refractivity contribution in [3.8, 4) is 11.3 Å². The fraction of sp³-hybridized carbons (Fsp3) is 0.227. The minimum atomic E-state index is -0.762. The van der Waals surface area contributed by atoms with Crippen molar-refractivity contribution in [3.63, 3.8) is 0 Å². The number of nitrogens with one attached hydrogen (secondary N) is 1. The molecule has 154 valence electrons. The number of anilines is 1.